The second-order valence-corrected chi connectivity index (χ2v) is 8.88. The lowest BCUT2D eigenvalue weighted by Gasteiger charge is -2.31. The molecule has 3 atom stereocenters. The first kappa shape index (κ1) is 22.8. The first-order chi connectivity index (χ1) is 13.6. The monoisotopic (exact) mass is 409 g/mol. The lowest BCUT2D eigenvalue weighted by Crippen LogP contribution is -2.53. The fourth-order valence-electron chi connectivity index (χ4n) is 4.08. The van der Waals surface area contributed by atoms with E-state index in [1.165, 1.54) is 4.90 Å². The van der Waals surface area contributed by atoms with Gasteiger partial charge < -0.3 is 20.1 Å². The summed E-state index contributed by atoms with van der Waals surface area (Å²) in [6, 6.07) is -2.55. The van der Waals surface area contributed by atoms with Crippen molar-refractivity contribution in [1.29, 1.82) is 0 Å². The van der Waals surface area contributed by atoms with Gasteiger partial charge >= 0.3 is 12.1 Å². The van der Waals surface area contributed by atoms with Crippen LogP contribution in [0.5, 0.6) is 0 Å². The van der Waals surface area contributed by atoms with Crippen LogP contribution >= 0.6 is 0 Å². The van der Waals surface area contributed by atoms with Crippen LogP contribution in [0.1, 0.15) is 65.7 Å². The van der Waals surface area contributed by atoms with Gasteiger partial charge in [0.25, 0.3) is 0 Å². The Labute approximate surface area is 170 Å². The number of carbonyl (C=O) groups excluding carboxylic acids is 2. The minimum atomic E-state index is -1.15. The van der Waals surface area contributed by atoms with Crippen LogP contribution in [0.2, 0.25) is 0 Å². The highest BCUT2D eigenvalue weighted by molar-refractivity contribution is 5.90. The molecule has 0 bridgehead atoms. The molecule has 0 radical (unpaired) electrons. The summed E-state index contributed by atoms with van der Waals surface area (Å²) in [6.45, 7) is 5.22. The summed E-state index contributed by atoms with van der Waals surface area (Å²) in [6.07, 6.45) is 5.07. The minimum Gasteiger partial charge on any atom is -0.480 e. The molecular weight excluding hydrogens is 378 g/mol. The van der Waals surface area contributed by atoms with E-state index < -0.39 is 41.7 Å². The van der Waals surface area contributed by atoms with E-state index in [2.05, 4.69) is 15.3 Å². The molecule has 1 aliphatic carbocycles. The van der Waals surface area contributed by atoms with E-state index in [4.69, 9.17) is 10.3 Å². The molecule has 1 unspecified atom stereocenters. The molecule has 162 valence electrons. The van der Waals surface area contributed by atoms with Crippen molar-refractivity contribution in [1.82, 2.24) is 10.2 Å². The molecule has 1 aliphatic heterocycles. The molecule has 2 N–H and O–H groups in total. The van der Waals surface area contributed by atoms with Crippen LogP contribution in [0.25, 0.3) is 10.4 Å². The SMILES string of the molecule is CC(C)(C)OC(=O)NC(CC1CCCCC1)C(=O)N1C[C@H](N=[N+]=[N-])C[C@H]1C(=O)O. The highest BCUT2D eigenvalue weighted by atomic mass is 16.6. The third kappa shape index (κ3) is 6.81. The smallest absolute Gasteiger partial charge is 0.408 e. The van der Waals surface area contributed by atoms with Crippen LogP contribution in [-0.4, -0.2) is 58.2 Å². The Hall–Kier alpha value is -2.48. The number of nitrogens with one attached hydrogen (secondary N) is 1. The van der Waals surface area contributed by atoms with Crippen molar-refractivity contribution in [3.05, 3.63) is 10.4 Å². The second kappa shape index (κ2) is 9.82. The number of carboxylic acid groups (broad SMARTS) is 1. The Morgan fingerprint density at radius 3 is 2.48 bits per heavy atom. The standard InChI is InChI=1S/C19H31N5O5/c1-19(2,3)29-18(28)21-14(9-12-7-5-4-6-8-12)16(25)24-11-13(22-23-20)10-15(24)17(26)27/h12-15H,4-11H2,1-3H3,(H,21,28)(H,26,27)/t13-,14?,15+/m1/s1. The number of amides is 2. The van der Waals surface area contributed by atoms with Gasteiger partial charge in [-0.2, -0.15) is 0 Å². The largest absolute Gasteiger partial charge is 0.480 e. The normalized spacial score (nSPS) is 23.8. The van der Waals surface area contributed by atoms with Gasteiger partial charge in [0.1, 0.15) is 17.7 Å². The van der Waals surface area contributed by atoms with Gasteiger partial charge in [-0.05, 0) is 45.1 Å². The summed E-state index contributed by atoms with van der Waals surface area (Å²) in [4.78, 5) is 41.2. The van der Waals surface area contributed by atoms with E-state index in [-0.39, 0.29) is 18.9 Å². The van der Waals surface area contributed by atoms with Gasteiger partial charge in [-0.25, -0.2) is 9.59 Å². The Balaban J connectivity index is 2.18. The fourth-order valence-corrected chi connectivity index (χ4v) is 4.08. The highest BCUT2D eigenvalue weighted by Crippen LogP contribution is 2.29. The van der Waals surface area contributed by atoms with Crippen molar-refractivity contribution in [2.45, 2.75) is 89.4 Å². The summed E-state index contributed by atoms with van der Waals surface area (Å²) in [5.74, 6) is -1.33. The zero-order valence-electron chi connectivity index (χ0n) is 17.3. The number of hydrogen-bond acceptors (Lipinski definition) is 5. The van der Waals surface area contributed by atoms with Gasteiger partial charge in [0.2, 0.25) is 5.91 Å². The van der Waals surface area contributed by atoms with Gasteiger partial charge in [-0.3, -0.25) is 4.79 Å². The van der Waals surface area contributed by atoms with Crippen molar-refractivity contribution in [3.8, 4) is 0 Å². The molecule has 1 saturated carbocycles. The Morgan fingerprint density at radius 1 is 1.28 bits per heavy atom. The van der Waals surface area contributed by atoms with Crippen LogP contribution in [0.4, 0.5) is 4.79 Å². The lowest BCUT2D eigenvalue weighted by molar-refractivity contribution is -0.149. The maximum absolute atomic E-state index is 13.2. The molecular formula is C19H31N5O5. The third-order valence-corrected chi connectivity index (χ3v) is 5.34. The van der Waals surface area contributed by atoms with E-state index in [9.17, 15) is 19.5 Å². The number of azide groups is 1. The minimum absolute atomic E-state index is 0.0248. The van der Waals surface area contributed by atoms with Crippen LogP contribution in [0.15, 0.2) is 5.11 Å². The highest BCUT2D eigenvalue weighted by Gasteiger charge is 2.42. The fraction of sp³-hybridized carbons (Fsp3) is 0.842. The van der Waals surface area contributed by atoms with E-state index in [1.54, 1.807) is 20.8 Å². The molecule has 0 aromatic rings. The van der Waals surface area contributed by atoms with Gasteiger partial charge in [-0.1, -0.05) is 37.2 Å². The average Bonchev–Trinajstić information content (AvgIpc) is 3.04. The summed E-state index contributed by atoms with van der Waals surface area (Å²) < 4.78 is 5.30. The Bertz CT molecular complexity index is 664. The van der Waals surface area contributed by atoms with Gasteiger partial charge in [0, 0.05) is 11.5 Å². The summed E-state index contributed by atoms with van der Waals surface area (Å²) in [7, 11) is 0. The molecule has 10 nitrogen and oxygen atoms in total. The van der Waals surface area contributed by atoms with Crippen LogP contribution < -0.4 is 5.32 Å². The van der Waals surface area contributed by atoms with Crippen molar-refractivity contribution in [2.75, 3.05) is 6.54 Å². The summed E-state index contributed by atoms with van der Waals surface area (Å²) in [5, 5.41) is 15.8. The van der Waals surface area contributed by atoms with E-state index in [0.29, 0.717) is 6.42 Å². The van der Waals surface area contributed by atoms with Gasteiger partial charge in [0.05, 0.1) is 6.04 Å². The zero-order chi connectivity index (χ0) is 21.6. The van der Waals surface area contributed by atoms with Gasteiger partial charge in [0.15, 0.2) is 0 Å². The number of likely N-dealkylation sites (tertiary alicyclic amines) is 1. The molecule has 2 amide bonds. The zero-order valence-corrected chi connectivity index (χ0v) is 17.3. The van der Waals surface area contributed by atoms with Crippen molar-refractivity contribution in [3.63, 3.8) is 0 Å². The molecule has 1 saturated heterocycles. The number of rotatable bonds is 6. The number of nitrogens with zero attached hydrogens (tertiary/aromatic N) is 4. The lowest BCUT2D eigenvalue weighted by atomic mass is 9.84. The Kier molecular flexibility index (Phi) is 7.73. The molecule has 0 aromatic heterocycles. The number of hydrogen-bond donors (Lipinski definition) is 2. The summed E-state index contributed by atoms with van der Waals surface area (Å²) in [5.41, 5.74) is 7.95. The number of aliphatic carboxylic acids is 1. The van der Waals surface area contributed by atoms with Crippen LogP contribution in [-0.2, 0) is 14.3 Å². The van der Waals surface area contributed by atoms with E-state index in [0.717, 1.165) is 32.1 Å². The van der Waals surface area contributed by atoms with Crippen LogP contribution in [0.3, 0.4) is 0 Å². The van der Waals surface area contributed by atoms with E-state index >= 15 is 0 Å². The predicted octanol–water partition coefficient (Wildman–Crippen LogP) is 3.21. The van der Waals surface area contributed by atoms with Crippen molar-refractivity contribution >= 4 is 18.0 Å². The van der Waals surface area contributed by atoms with E-state index in [1.807, 2.05) is 0 Å². The molecule has 0 aromatic carbocycles. The maximum atomic E-state index is 13.2. The molecule has 2 fully saturated rings. The second-order valence-electron chi connectivity index (χ2n) is 8.88. The molecule has 0 spiro atoms. The van der Waals surface area contributed by atoms with Gasteiger partial charge in [-0.15, -0.1) is 0 Å². The molecule has 2 rings (SSSR count). The third-order valence-electron chi connectivity index (χ3n) is 5.34. The van der Waals surface area contributed by atoms with Crippen LogP contribution in [0, 0.1) is 5.92 Å². The molecule has 2 aliphatic rings. The first-order valence-electron chi connectivity index (χ1n) is 10.2. The number of ether oxygens (including phenoxy) is 1. The molecule has 29 heavy (non-hydrogen) atoms. The number of alkyl carbamates (subject to hydrolysis) is 1. The number of carbonyl (C=O) groups is 3. The molecule has 1 heterocycles. The quantitative estimate of drug-likeness (QED) is 0.393. The maximum Gasteiger partial charge on any atom is 0.408 e. The first-order valence-corrected chi connectivity index (χ1v) is 10.2. The number of carboxylic acids is 1. The van der Waals surface area contributed by atoms with Crippen molar-refractivity contribution < 1.29 is 24.2 Å². The topological polar surface area (TPSA) is 145 Å². The van der Waals surface area contributed by atoms with Crippen molar-refractivity contribution in [2.24, 2.45) is 11.0 Å². The predicted molar refractivity (Wildman–Crippen MR) is 105 cm³/mol. The Morgan fingerprint density at radius 2 is 1.93 bits per heavy atom. The summed E-state index contributed by atoms with van der Waals surface area (Å²) >= 11 is 0. The average molecular weight is 409 g/mol. The molecule has 10 heteroatoms.